The third kappa shape index (κ3) is 8.60. The number of hydrogen-bond acceptors (Lipinski definition) is 9. The van der Waals surface area contributed by atoms with E-state index in [9.17, 15) is 9.59 Å². The Morgan fingerprint density at radius 1 is 0.692 bits per heavy atom. The van der Waals surface area contributed by atoms with Crippen molar-refractivity contribution < 1.29 is 38.7 Å². The van der Waals surface area contributed by atoms with E-state index in [4.69, 9.17) is 34.9 Å². The topological polar surface area (TPSA) is 150 Å². The molecule has 10 nitrogen and oxygen atoms in total. The number of methoxy groups -OCH3 is 2. The Bertz CT molecular complexity index is 1800. The summed E-state index contributed by atoms with van der Waals surface area (Å²) in [4.78, 5) is 26.4. The highest BCUT2D eigenvalue weighted by molar-refractivity contribution is 5.79. The average molecular weight is 705 g/mol. The van der Waals surface area contributed by atoms with E-state index in [1.165, 1.54) is 0 Å². The number of carbonyl (C=O) groups excluding carboxylic acids is 2. The van der Waals surface area contributed by atoms with Gasteiger partial charge in [-0.1, -0.05) is 103 Å². The van der Waals surface area contributed by atoms with Gasteiger partial charge < -0.3 is 40.2 Å². The maximum atomic E-state index is 13.6. The van der Waals surface area contributed by atoms with Crippen molar-refractivity contribution in [2.45, 2.75) is 24.0 Å². The first-order valence-electron chi connectivity index (χ1n) is 17.0. The number of ether oxygens (including phenoxy) is 4. The van der Waals surface area contributed by atoms with Crippen molar-refractivity contribution in [3.05, 3.63) is 155 Å². The van der Waals surface area contributed by atoms with Gasteiger partial charge in [0.05, 0.1) is 39.9 Å². The first-order valence-corrected chi connectivity index (χ1v) is 17.0. The maximum Gasteiger partial charge on any atom is 0.407 e. The first kappa shape index (κ1) is 37.6. The molecule has 0 spiro atoms. The predicted octanol–water partition coefficient (Wildman–Crippen LogP) is 5.77. The van der Waals surface area contributed by atoms with Gasteiger partial charge in [-0.05, 0) is 46.5 Å². The number of aliphatic hydroxyl groups is 2. The quantitative estimate of drug-likeness (QED) is 0.0886. The van der Waals surface area contributed by atoms with Gasteiger partial charge in [0.2, 0.25) is 0 Å². The summed E-state index contributed by atoms with van der Waals surface area (Å²) in [6.45, 7) is -0.0467. The van der Waals surface area contributed by atoms with Crippen LogP contribution in [-0.2, 0) is 19.9 Å². The molecule has 1 aliphatic carbocycles. The van der Waals surface area contributed by atoms with Gasteiger partial charge in [0.1, 0.15) is 18.1 Å². The fraction of sp³-hybridized carbons (Fsp3) is 0.238. The van der Waals surface area contributed by atoms with Crippen LogP contribution in [-0.4, -0.2) is 68.9 Å². The zero-order valence-electron chi connectivity index (χ0n) is 29.2. The number of hydrogen-bond donors (Lipinski definition) is 4. The van der Waals surface area contributed by atoms with Gasteiger partial charge in [-0.2, -0.15) is 0 Å². The van der Waals surface area contributed by atoms with Crippen LogP contribution in [0.4, 0.5) is 4.79 Å². The molecule has 0 aliphatic heterocycles. The minimum atomic E-state index is -1.28. The summed E-state index contributed by atoms with van der Waals surface area (Å²) in [5.74, 6) is 0.816. The zero-order chi connectivity index (χ0) is 36.9. The highest BCUT2D eigenvalue weighted by Gasteiger charge is 2.40. The molecule has 0 bridgehead atoms. The van der Waals surface area contributed by atoms with Gasteiger partial charge in [-0.25, -0.2) is 4.79 Å². The lowest BCUT2D eigenvalue weighted by Crippen LogP contribution is -2.36. The maximum absolute atomic E-state index is 13.6. The molecule has 5 aromatic carbocycles. The fourth-order valence-electron chi connectivity index (χ4n) is 6.20. The van der Waals surface area contributed by atoms with Crippen molar-refractivity contribution in [1.82, 2.24) is 5.32 Å². The van der Waals surface area contributed by atoms with Crippen molar-refractivity contribution in [2.24, 2.45) is 5.73 Å². The largest absolute Gasteiger partial charge is 0.497 e. The van der Waals surface area contributed by atoms with E-state index in [0.717, 1.165) is 38.9 Å². The van der Waals surface area contributed by atoms with Crippen LogP contribution in [0.5, 0.6) is 11.5 Å². The molecular weight excluding hydrogens is 660 g/mol. The highest BCUT2D eigenvalue weighted by atomic mass is 16.6. The second kappa shape index (κ2) is 18.0. The number of esters is 1. The Morgan fingerprint density at radius 2 is 1.15 bits per heavy atom. The molecule has 0 saturated carbocycles. The van der Waals surface area contributed by atoms with E-state index in [1.54, 1.807) is 14.2 Å². The molecule has 5 aromatic rings. The summed E-state index contributed by atoms with van der Waals surface area (Å²) < 4.78 is 22.9. The van der Waals surface area contributed by atoms with Crippen LogP contribution < -0.4 is 20.5 Å². The lowest BCUT2D eigenvalue weighted by molar-refractivity contribution is -0.153. The predicted molar refractivity (Wildman–Crippen MR) is 198 cm³/mol. The average Bonchev–Trinajstić information content (AvgIpc) is 3.53. The lowest BCUT2D eigenvalue weighted by Gasteiger charge is -2.35. The van der Waals surface area contributed by atoms with Crippen molar-refractivity contribution >= 4 is 12.1 Å². The molecule has 0 atom stereocenters. The molecule has 6 rings (SSSR count). The molecule has 0 saturated heterocycles. The molecule has 0 fully saturated rings. The smallest absolute Gasteiger partial charge is 0.407 e. The number of rotatable bonds is 13. The third-order valence-electron chi connectivity index (χ3n) is 8.85. The standard InChI is InChI=1S/C39H35NO6.C3H9NO2/c1-43-30-20-16-28(17-21-30)39(27-10-4-3-5-11-27,29-18-22-31(44-2)23-19-29)46-37(41)24-25-40-38(42)45-26-36-34-14-8-6-12-32(34)33-13-7-9-15-35(33)36;4-3(1-5)2-6/h3-23,36H,24-26H2,1-2H3,(H,40,42);3,5-6H,1-2,4H2. The summed E-state index contributed by atoms with van der Waals surface area (Å²) in [7, 11) is 3.21. The number of amides is 1. The monoisotopic (exact) mass is 704 g/mol. The van der Waals surface area contributed by atoms with Crippen LogP contribution in [0.25, 0.3) is 11.1 Å². The van der Waals surface area contributed by atoms with Crippen LogP contribution in [0.15, 0.2) is 127 Å². The van der Waals surface area contributed by atoms with Crippen LogP contribution in [0.3, 0.4) is 0 Å². The summed E-state index contributed by atoms with van der Waals surface area (Å²) >= 11 is 0. The third-order valence-corrected chi connectivity index (χ3v) is 8.85. The number of benzene rings is 5. The molecular formula is C42H44N2O8. The minimum absolute atomic E-state index is 0.0472. The summed E-state index contributed by atoms with van der Waals surface area (Å²) in [6, 6.07) is 40.4. The number of aliphatic hydroxyl groups excluding tert-OH is 2. The summed E-state index contributed by atoms with van der Waals surface area (Å²) in [5.41, 5.74) is 10.5. The van der Waals surface area contributed by atoms with E-state index >= 15 is 0 Å². The van der Waals surface area contributed by atoms with Crippen molar-refractivity contribution in [2.75, 3.05) is 40.6 Å². The zero-order valence-corrected chi connectivity index (χ0v) is 29.2. The Hall–Kier alpha value is -5.68. The first-order chi connectivity index (χ1) is 25.3. The Morgan fingerprint density at radius 3 is 1.62 bits per heavy atom. The fourth-order valence-corrected chi connectivity index (χ4v) is 6.20. The second-order valence-corrected chi connectivity index (χ2v) is 12.1. The van der Waals surface area contributed by atoms with Crippen molar-refractivity contribution in [3.63, 3.8) is 0 Å². The summed E-state index contributed by atoms with van der Waals surface area (Å²) in [5, 5.41) is 18.8. The van der Waals surface area contributed by atoms with Crippen molar-refractivity contribution in [1.29, 1.82) is 0 Å². The van der Waals surface area contributed by atoms with Gasteiger partial charge in [0, 0.05) is 29.2 Å². The Labute approximate surface area is 303 Å². The molecule has 52 heavy (non-hydrogen) atoms. The van der Waals surface area contributed by atoms with E-state index in [2.05, 4.69) is 29.6 Å². The van der Waals surface area contributed by atoms with Gasteiger partial charge >= 0.3 is 12.1 Å². The van der Waals surface area contributed by atoms with E-state index in [0.29, 0.717) is 11.5 Å². The van der Waals surface area contributed by atoms with Crippen LogP contribution in [0, 0.1) is 0 Å². The Kier molecular flexibility index (Phi) is 13.0. The minimum Gasteiger partial charge on any atom is -0.497 e. The normalized spacial score (nSPS) is 11.8. The van der Waals surface area contributed by atoms with Crippen LogP contribution in [0.2, 0.25) is 0 Å². The molecule has 10 heteroatoms. The van der Waals surface area contributed by atoms with Gasteiger partial charge in [0.15, 0.2) is 5.60 Å². The SMILES string of the molecule is COc1ccc(C(OC(=O)CCNC(=O)OCC2c3ccccc3-c3ccccc32)(c2ccccc2)c2ccc(OC)cc2)cc1.NC(CO)CO. The molecule has 1 amide bonds. The number of alkyl carbamates (subject to hydrolysis) is 1. The van der Waals surface area contributed by atoms with Gasteiger partial charge in [-0.15, -0.1) is 0 Å². The number of nitrogens with one attached hydrogen (secondary N) is 1. The van der Waals surface area contributed by atoms with Gasteiger partial charge in [-0.3, -0.25) is 4.79 Å². The van der Waals surface area contributed by atoms with E-state index in [1.807, 2.05) is 103 Å². The molecule has 1 aliphatic rings. The van der Waals surface area contributed by atoms with Crippen molar-refractivity contribution in [3.8, 4) is 22.6 Å². The summed E-state index contributed by atoms with van der Waals surface area (Å²) in [6.07, 6.45) is -0.653. The van der Waals surface area contributed by atoms with Crippen LogP contribution in [0.1, 0.15) is 40.2 Å². The number of nitrogens with two attached hydrogens (primary N) is 1. The molecule has 0 unspecified atom stereocenters. The molecule has 270 valence electrons. The number of fused-ring (bicyclic) bond motifs is 3. The second-order valence-electron chi connectivity index (χ2n) is 12.1. The molecule has 0 radical (unpaired) electrons. The molecule has 0 aromatic heterocycles. The van der Waals surface area contributed by atoms with Gasteiger partial charge in [0.25, 0.3) is 0 Å². The number of carbonyl (C=O) groups is 2. The molecule has 5 N–H and O–H groups in total. The van der Waals surface area contributed by atoms with Crippen LogP contribution >= 0.6 is 0 Å². The van der Waals surface area contributed by atoms with E-state index in [-0.39, 0.29) is 38.7 Å². The molecule has 0 heterocycles. The highest BCUT2D eigenvalue weighted by Crippen LogP contribution is 2.45. The lowest BCUT2D eigenvalue weighted by atomic mass is 9.80. The van der Waals surface area contributed by atoms with E-state index < -0.39 is 23.7 Å². The Balaban J connectivity index is 0.000000803.